The van der Waals surface area contributed by atoms with E-state index in [9.17, 15) is 4.79 Å². The molecule has 0 atom stereocenters. The molecule has 32 heavy (non-hydrogen) atoms. The van der Waals surface area contributed by atoms with Crippen molar-refractivity contribution in [2.75, 3.05) is 39.8 Å². The summed E-state index contributed by atoms with van der Waals surface area (Å²) in [4.78, 5) is 15.5. The minimum atomic E-state index is 0.0945. The van der Waals surface area contributed by atoms with Gasteiger partial charge in [0.2, 0.25) is 0 Å². The van der Waals surface area contributed by atoms with Gasteiger partial charge in [0.25, 0.3) is 5.91 Å². The molecule has 1 aliphatic heterocycles. The van der Waals surface area contributed by atoms with E-state index in [2.05, 4.69) is 66.0 Å². The van der Waals surface area contributed by atoms with E-state index in [0.29, 0.717) is 19.1 Å². The maximum atomic E-state index is 12.6. The summed E-state index contributed by atoms with van der Waals surface area (Å²) in [5.41, 5.74) is 3.71. The summed E-state index contributed by atoms with van der Waals surface area (Å²) in [6.07, 6.45) is 0. The Morgan fingerprint density at radius 3 is 2.00 bits per heavy atom. The fourth-order valence-corrected chi connectivity index (χ4v) is 4.68. The van der Waals surface area contributed by atoms with Crippen LogP contribution in [0, 0.1) is 0 Å². The van der Waals surface area contributed by atoms with E-state index in [0.717, 1.165) is 37.5 Å². The second kappa shape index (κ2) is 10.9. The number of amides is 1. The predicted molar refractivity (Wildman–Crippen MR) is 126 cm³/mol. The fourth-order valence-electron chi connectivity index (χ4n) is 4.68. The molecular weight excluding hydrogens is 398 g/mol. The number of carbonyl (C=O) groups is 1. The highest BCUT2D eigenvalue weighted by atomic mass is 16.5. The van der Waals surface area contributed by atoms with Gasteiger partial charge in [-0.3, -0.25) is 4.79 Å². The van der Waals surface area contributed by atoms with E-state index in [1.165, 1.54) is 16.0 Å². The lowest BCUT2D eigenvalue weighted by molar-refractivity contribution is -1.02. The van der Waals surface area contributed by atoms with E-state index in [-0.39, 0.29) is 5.91 Å². The van der Waals surface area contributed by atoms with Gasteiger partial charge < -0.3 is 19.9 Å². The average molecular weight is 432 g/mol. The highest BCUT2D eigenvalue weighted by Crippen LogP contribution is 2.19. The lowest BCUT2D eigenvalue weighted by Gasteiger charge is -2.35. The van der Waals surface area contributed by atoms with Gasteiger partial charge in [0.15, 0.2) is 6.54 Å². The zero-order valence-corrected chi connectivity index (χ0v) is 18.7. The number of benzene rings is 3. The summed E-state index contributed by atoms with van der Waals surface area (Å²) in [6.45, 7) is 5.09. The second-order valence-electron chi connectivity index (χ2n) is 8.43. The Kier molecular flexibility index (Phi) is 7.54. The van der Waals surface area contributed by atoms with Gasteiger partial charge in [0, 0.05) is 23.2 Å². The van der Waals surface area contributed by atoms with Crippen molar-refractivity contribution in [2.24, 2.45) is 0 Å². The van der Waals surface area contributed by atoms with Crippen molar-refractivity contribution in [2.45, 2.75) is 12.6 Å². The lowest BCUT2D eigenvalue weighted by atomic mass is 9.96. The zero-order valence-electron chi connectivity index (χ0n) is 18.7. The molecule has 1 fully saturated rings. The van der Waals surface area contributed by atoms with Crippen LogP contribution >= 0.6 is 0 Å². The highest BCUT2D eigenvalue weighted by Gasteiger charge is 2.32. The molecule has 3 aromatic carbocycles. The molecule has 0 aliphatic carbocycles. The van der Waals surface area contributed by atoms with Crippen molar-refractivity contribution >= 4 is 5.91 Å². The Labute approximate surface area is 190 Å². The third kappa shape index (κ3) is 5.55. The number of piperazine rings is 1. The Hall–Kier alpha value is -3.15. The molecule has 0 bridgehead atoms. The van der Waals surface area contributed by atoms with Crippen molar-refractivity contribution in [3.63, 3.8) is 0 Å². The average Bonchev–Trinajstić information content (AvgIpc) is 2.85. The Bertz CT molecular complexity index is 947. The van der Waals surface area contributed by atoms with Gasteiger partial charge in [-0.2, -0.15) is 0 Å². The fraction of sp³-hybridized carbons (Fsp3) is 0.296. The SMILES string of the molecule is COc1ccccc1CNC(=O)C[NH+]1CC[NH+](C(c2ccccc2)c2ccccc2)CC1. The molecule has 166 valence electrons. The molecular formula is C27H33N3O2+2. The van der Waals surface area contributed by atoms with Crippen LogP contribution in [0.5, 0.6) is 5.75 Å². The van der Waals surface area contributed by atoms with Crippen molar-refractivity contribution in [1.29, 1.82) is 0 Å². The number of hydrogen-bond donors (Lipinski definition) is 3. The van der Waals surface area contributed by atoms with Crippen LogP contribution in [0.4, 0.5) is 0 Å². The molecule has 0 radical (unpaired) electrons. The Morgan fingerprint density at radius 1 is 0.844 bits per heavy atom. The van der Waals surface area contributed by atoms with Crippen LogP contribution in [0.1, 0.15) is 22.7 Å². The second-order valence-corrected chi connectivity index (χ2v) is 8.43. The maximum absolute atomic E-state index is 12.6. The molecule has 0 saturated carbocycles. The third-order valence-electron chi connectivity index (χ3n) is 6.35. The molecule has 5 nitrogen and oxygen atoms in total. The van der Waals surface area contributed by atoms with Crippen LogP contribution < -0.4 is 19.9 Å². The minimum absolute atomic E-state index is 0.0945. The number of carbonyl (C=O) groups excluding carboxylic acids is 1. The Morgan fingerprint density at radius 2 is 1.41 bits per heavy atom. The first kappa shape index (κ1) is 22.1. The number of rotatable bonds is 8. The van der Waals surface area contributed by atoms with Gasteiger partial charge in [-0.25, -0.2) is 0 Å². The summed E-state index contributed by atoms with van der Waals surface area (Å²) in [5, 5.41) is 3.06. The van der Waals surface area contributed by atoms with Crippen LogP contribution in [-0.2, 0) is 11.3 Å². The molecule has 1 saturated heterocycles. The Balaban J connectivity index is 1.33. The van der Waals surface area contributed by atoms with Crippen molar-refractivity contribution in [3.8, 4) is 5.75 Å². The zero-order chi connectivity index (χ0) is 22.2. The summed E-state index contributed by atoms with van der Waals surface area (Å²) in [7, 11) is 1.66. The van der Waals surface area contributed by atoms with E-state index >= 15 is 0 Å². The summed E-state index contributed by atoms with van der Waals surface area (Å²) >= 11 is 0. The molecule has 1 amide bonds. The summed E-state index contributed by atoms with van der Waals surface area (Å²) in [5.74, 6) is 0.905. The van der Waals surface area contributed by atoms with Crippen molar-refractivity contribution in [3.05, 3.63) is 102 Å². The van der Waals surface area contributed by atoms with Gasteiger partial charge >= 0.3 is 0 Å². The third-order valence-corrected chi connectivity index (χ3v) is 6.35. The number of methoxy groups -OCH3 is 1. The predicted octanol–water partition coefficient (Wildman–Crippen LogP) is 0.884. The summed E-state index contributed by atoms with van der Waals surface area (Å²) < 4.78 is 5.38. The van der Waals surface area contributed by atoms with Crippen molar-refractivity contribution in [1.82, 2.24) is 5.32 Å². The molecule has 1 heterocycles. The first-order valence-corrected chi connectivity index (χ1v) is 11.4. The molecule has 1 aliphatic rings. The largest absolute Gasteiger partial charge is 0.496 e. The molecule has 0 spiro atoms. The smallest absolute Gasteiger partial charge is 0.275 e. The van der Waals surface area contributed by atoms with Gasteiger partial charge in [-0.05, 0) is 6.07 Å². The van der Waals surface area contributed by atoms with Crippen LogP contribution in [0.3, 0.4) is 0 Å². The van der Waals surface area contributed by atoms with Crippen molar-refractivity contribution < 1.29 is 19.3 Å². The molecule has 4 rings (SSSR count). The molecule has 3 aromatic rings. The van der Waals surface area contributed by atoms with Gasteiger partial charge in [0.1, 0.15) is 38.0 Å². The highest BCUT2D eigenvalue weighted by molar-refractivity contribution is 5.76. The van der Waals surface area contributed by atoms with E-state index in [1.807, 2.05) is 24.3 Å². The van der Waals surface area contributed by atoms with Crippen LogP contribution in [0.25, 0.3) is 0 Å². The normalized spacial score (nSPS) is 18.3. The minimum Gasteiger partial charge on any atom is -0.496 e. The van der Waals surface area contributed by atoms with E-state index in [4.69, 9.17) is 4.74 Å². The number of nitrogens with one attached hydrogen (secondary N) is 3. The first-order chi connectivity index (χ1) is 15.7. The topological polar surface area (TPSA) is 47.2 Å². The number of para-hydroxylation sites is 1. The molecule has 3 N–H and O–H groups in total. The first-order valence-electron chi connectivity index (χ1n) is 11.4. The number of ether oxygens (including phenoxy) is 1. The maximum Gasteiger partial charge on any atom is 0.275 e. The monoisotopic (exact) mass is 431 g/mol. The molecule has 0 unspecified atom stereocenters. The molecule has 5 heteroatoms. The van der Waals surface area contributed by atoms with Gasteiger partial charge in [-0.15, -0.1) is 0 Å². The number of hydrogen-bond acceptors (Lipinski definition) is 2. The van der Waals surface area contributed by atoms with Gasteiger partial charge in [0.05, 0.1) is 7.11 Å². The molecule has 0 aromatic heterocycles. The number of quaternary nitrogens is 2. The van der Waals surface area contributed by atoms with Crippen LogP contribution in [0.15, 0.2) is 84.9 Å². The van der Waals surface area contributed by atoms with Crippen LogP contribution in [0.2, 0.25) is 0 Å². The quantitative estimate of drug-likeness (QED) is 0.496. The van der Waals surface area contributed by atoms with E-state index in [1.54, 1.807) is 12.0 Å². The lowest BCUT2D eigenvalue weighted by Crippen LogP contribution is -3.28. The summed E-state index contributed by atoms with van der Waals surface area (Å²) in [6, 6.07) is 29.7. The van der Waals surface area contributed by atoms with E-state index < -0.39 is 0 Å². The van der Waals surface area contributed by atoms with Crippen LogP contribution in [-0.4, -0.2) is 45.7 Å². The van der Waals surface area contributed by atoms with Gasteiger partial charge in [-0.1, -0.05) is 78.9 Å². The standard InChI is InChI=1S/C27H31N3O2/c1-32-25-15-9-8-14-24(25)20-28-26(31)21-29-16-18-30(19-17-29)27(22-10-4-2-5-11-22)23-12-6-3-7-13-23/h2-15,27H,16-21H2,1H3,(H,28,31)/p+2.